The van der Waals surface area contributed by atoms with Gasteiger partial charge in [0.15, 0.2) is 5.78 Å². The summed E-state index contributed by atoms with van der Waals surface area (Å²) in [7, 11) is 0. The largest absolute Gasteiger partial charge is 0.376 e. The molecule has 1 unspecified atom stereocenters. The van der Waals surface area contributed by atoms with Crippen molar-refractivity contribution in [3.8, 4) is 6.07 Å². The first-order valence-corrected chi connectivity index (χ1v) is 12.2. The van der Waals surface area contributed by atoms with Gasteiger partial charge in [-0.05, 0) is 49.1 Å². The maximum absolute atomic E-state index is 13.3. The van der Waals surface area contributed by atoms with Gasteiger partial charge in [-0.1, -0.05) is 36.4 Å². The zero-order chi connectivity index (χ0) is 24.8. The molecule has 1 N–H and O–H groups in total. The number of benzene rings is 2. The Balaban J connectivity index is 1.72. The smallest absolute Gasteiger partial charge is 0.269 e. The Bertz CT molecular complexity index is 1470. The van der Waals surface area contributed by atoms with E-state index in [1.165, 1.54) is 10.6 Å². The molecular formula is C27H25N3O4S. The molecule has 1 aromatic heterocycles. The Kier molecular flexibility index (Phi) is 7.70. The third-order valence-electron chi connectivity index (χ3n) is 5.77. The highest BCUT2D eigenvalue weighted by Gasteiger charge is 2.17. The number of ether oxygens (including phenoxy) is 1. The molecule has 1 aliphatic rings. The van der Waals surface area contributed by atoms with Crippen molar-refractivity contribution < 1.29 is 14.3 Å². The molecule has 4 rings (SSSR count). The molecule has 0 spiro atoms. The van der Waals surface area contributed by atoms with Crippen molar-refractivity contribution in [3.05, 3.63) is 90.3 Å². The number of ketones is 1. The van der Waals surface area contributed by atoms with Crippen LogP contribution in [-0.4, -0.2) is 35.5 Å². The third kappa shape index (κ3) is 6.01. The lowest BCUT2D eigenvalue weighted by molar-refractivity contribution is -0.122. The highest BCUT2D eigenvalue weighted by Crippen LogP contribution is 2.11. The molecule has 1 amide bonds. The van der Waals surface area contributed by atoms with E-state index in [4.69, 9.17) is 10.00 Å². The van der Waals surface area contributed by atoms with Gasteiger partial charge in [0.05, 0.1) is 22.3 Å². The summed E-state index contributed by atoms with van der Waals surface area (Å²) in [5.41, 5.74) is 2.16. The predicted octanol–water partition coefficient (Wildman–Crippen LogP) is 1.88. The van der Waals surface area contributed by atoms with Crippen LogP contribution in [0.5, 0.6) is 0 Å². The molecule has 0 aliphatic carbocycles. The van der Waals surface area contributed by atoms with Crippen molar-refractivity contribution in [2.75, 3.05) is 13.2 Å². The van der Waals surface area contributed by atoms with E-state index >= 15 is 0 Å². The van der Waals surface area contributed by atoms with Gasteiger partial charge in [-0.2, -0.15) is 5.26 Å². The number of aromatic nitrogens is 1. The molecule has 2 aromatic carbocycles. The van der Waals surface area contributed by atoms with Crippen LogP contribution in [0.1, 0.15) is 39.9 Å². The molecule has 1 saturated heterocycles. The summed E-state index contributed by atoms with van der Waals surface area (Å²) in [5, 5.41) is 12.0. The van der Waals surface area contributed by atoms with E-state index in [2.05, 4.69) is 11.4 Å². The lowest BCUT2D eigenvalue weighted by Crippen LogP contribution is -2.40. The highest BCUT2D eigenvalue weighted by atomic mass is 32.1. The van der Waals surface area contributed by atoms with Crippen LogP contribution in [0.2, 0.25) is 0 Å². The number of carbonyl (C=O) groups excluding carboxylic acids is 2. The van der Waals surface area contributed by atoms with Crippen LogP contribution in [0.4, 0.5) is 0 Å². The minimum absolute atomic E-state index is 0.0110. The second-order valence-corrected chi connectivity index (χ2v) is 9.40. The molecule has 35 heavy (non-hydrogen) atoms. The minimum atomic E-state index is -0.367. The van der Waals surface area contributed by atoms with Crippen molar-refractivity contribution in [1.82, 2.24) is 9.88 Å². The summed E-state index contributed by atoms with van der Waals surface area (Å²) < 4.78 is 7.63. The first-order valence-electron chi connectivity index (χ1n) is 11.4. The summed E-state index contributed by atoms with van der Waals surface area (Å²) in [4.78, 5) is 38.9. The zero-order valence-electron chi connectivity index (χ0n) is 19.3. The van der Waals surface area contributed by atoms with Gasteiger partial charge < -0.3 is 10.1 Å². The predicted molar refractivity (Wildman–Crippen MR) is 135 cm³/mol. The van der Waals surface area contributed by atoms with Crippen LogP contribution < -0.4 is 20.1 Å². The Labute approximate surface area is 206 Å². The van der Waals surface area contributed by atoms with Gasteiger partial charge in [-0.3, -0.25) is 19.0 Å². The molecule has 3 aromatic rings. The van der Waals surface area contributed by atoms with Gasteiger partial charge in [0.2, 0.25) is 5.91 Å². The van der Waals surface area contributed by atoms with Crippen LogP contribution >= 0.6 is 11.3 Å². The lowest BCUT2D eigenvalue weighted by Gasteiger charge is -2.11. The van der Waals surface area contributed by atoms with Crippen LogP contribution in [0.25, 0.3) is 12.2 Å². The third-order valence-corrected chi connectivity index (χ3v) is 6.83. The molecule has 0 radical (unpaired) electrons. The quantitative estimate of drug-likeness (QED) is 0.513. The van der Waals surface area contributed by atoms with Crippen LogP contribution in [0.3, 0.4) is 0 Å². The van der Waals surface area contributed by atoms with E-state index in [1.54, 1.807) is 42.5 Å². The molecule has 0 saturated carbocycles. The number of hydrogen-bond donors (Lipinski definition) is 1. The van der Waals surface area contributed by atoms with Gasteiger partial charge in [0.25, 0.3) is 5.56 Å². The number of nitrogens with one attached hydrogen (secondary N) is 1. The van der Waals surface area contributed by atoms with E-state index in [1.807, 2.05) is 19.1 Å². The Morgan fingerprint density at radius 2 is 2.09 bits per heavy atom. The number of carbonyl (C=O) groups is 2. The molecule has 0 bridgehead atoms. The molecule has 178 valence electrons. The number of thiazole rings is 1. The van der Waals surface area contributed by atoms with Crippen molar-refractivity contribution >= 4 is 35.2 Å². The summed E-state index contributed by atoms with van der Waals surface area (Å²) >= 11 is 1.14. The monoisotopic (exact) mass is 487 g/mol. The van der Waals surface area contributed by atoms with Gasteiger partial charge in [-0.15, -0.1) is 11.3 Å². The normalized spacial score (nSPS) is 16.3. The molecule has 8 heteroatoms. The molecule has 7 nitrogen and oxygen atoms in total. The summed E-state index contributed by atoms with van der Waals surface area (Å²) in [6, 6.07) is 16.2. The summed E-state index contributed by atoms with van der Waals surface area (Å²) in [5.74, 6) is -0.563. The fourth-order valence-electron chi connectivity index (χ4n) is 3.91. The van der Waals surface area contributed by atoms with E-state index in [0.717, 1.165) is 29.7 Å². The van der Waals surface area contributed by atoms with Gasteiger partial charge in [0.1, 0.15) is 11.2 Å². The van der Waals surface area contributed by atoms with E-state index in [0.29, 0.717) is 39.0 Å². The number of amides is 1. The molecule has 1 aliphatic heterocycles. The van der Waals surface area contributed by atoms with Crippen molar-refractivity contribution in [2.45, 2.75) is 32.4 Å². The zero-order valence-corrected chi connectivity index (χ0v) is 20.1. The van der Waals surface area contributed by atoms with Gasteiger partial charge >= 0.3 is 0 Å². The number of hydrogen-bond acceptors (Lipinski definition) is 6. The maximum Gasteiger partial charge on any atom is 0.269 e. The second-order valence-electron chi connectivity index (χ2n) is 8.34. The first kappa shape index (κ1) is 24.3. The highest BCUT2D eigenvalue weighted by molar-refractivity contribution is 7.07. The number of rotatable bonds is 7. The van der Waals surface area contributed by atoms with E-state index < -0.39 is 0 Å². The van der Waals surface area contributed by atoms with Crippen LogP contribution in [0, 0.1) is 18.3 Å². The lowest BCUT2D eigenvalue weighted by atomic mass is 10.1. The molecular weight excluding hydrogens is 462 g/mol. The molecule has 1 fully saturated rings. The van der Waals surface area contributed by atoms with Crippen LogP contribution in [-0.2, 0) is 16.1 Å². The van der Waals surface area contributed by atoms with Gasteiger partial charge in [0, 0.05) is 24.8 Å². The first-order chi connectivity index (χ1) is 16.9. The number of Topliss-reactive ketones (excluding diaryl/α,β-unsaturated/α-hetero) is 1. The van der Waals surface area contributed by atoms with E-state index in [-0.39, 0.29) is 29.9 Å². The Hall–Kier alpha value is -3.80. The number of nitrogens with zero attached hydrogens (tertiary/aromatic N) is 2. The summed E-state index contributed by atoms with van der Waals surface area (Å²) in [6.07, 6.45) is 4.93. The average molecular weight is 488 g/mol. The molecule has 1 atom stereocenters. The average Bonchev–Trinajstić information content (AvgIpc) is 3.47. The van der Waals surface area contributed by atoms with Crippen LogP contribution in [0.15, 0.2) is 53.3 Å². The van der Waals surface area contributed by atoms with Crippen molar-refractivity contribution in [1.29, 1.82) is 5.26 Å². The van der Waals surface area contributed by atoms with Crippen molar-refractivity contribution in [2.24, 2.45) is 0 Å². The standard InChI is InChI=1S/C27H25N3O4S/c1-18-6-2-3-10-22(18)23(31)14-26-30(17-25(32)29-16-21-9-5-11-34-21)27(33)24(35-26)13-19-7-4-8-20(12-19)15-28/h2-4,6-8,10,12-14,21H,5,9,11,16-17H2,1H3,(H,29,32)/b24-13-,26-14-. The second kappa shape index (κ2) is 11.1. The number of aryl methyl sites for hydroxylation is 1. The molecule has 2 heterocycles. The Morgan fingerprint density at radius 1 is 1.26 bits per heavy atom. The summed E-state index contributed by atoms with van der Waals surface area (Å²) in [6.45, 7) is 2.72. The fraction of sp³-hybridized carbons (Fsp3) is 0.259. The maximum atomic E-state index is 13.3. The topological polar surface area (TPSA) is 101 Å². The van der Waals surface area contributed by atoms with Gasteiger partial charge in [-0.25, -0.2) is 0 Å². The van der Waals surface area contributed by atoms with Crippen molar-refractivity contribution in [3.63, 3.8) is 0 Å². The Morgan fingerprint density at radius 3 is 2.83 bits per heavy atom. The van der Waals surface area contributed by atoms with E-state index in [9.17, 15) is 14.4 Å². The SMILES string of the molecule is Cc1ccccc1C(=O)/C=c1\s/c(=C\c2cccc(C#N)c2)c(=O)n1CC(=O)NCC1CCCO1. The minimum Gasteiger partial charge on any atom is -0.376 e. The fourth-order valence-corrected chi connectivity index (χ4v) is 4.96. The number of nitriles is 1.